The van der Waals surface area contributed by atoms with Gasteiger partial charge in [0.1, 0.15) is 11.8 Å². The minimum atomic E-state index is -3.63. The summed E-state index contributed by atoms with van der Waals surface area (Å²) in [5.74, 6) is -4.89. The monoisotopic (exact) mass is 343 g/mol. The molecule has 1 aliphatic rings. The third-order valence-electron chi connectivity index (χ3n) is 4.09. The Labute approximate surface area is 140 Å². The van der Waals surface area contributed by atoms with E-state index in [1.165, 1.54) is 14.0 Å². The van der Waals surface area contributed by atoms with E-state index in [1.807, 2.05) is 0 Å². The summed E-state index contributed by atoms with van der Waals surface area (Å²) in [7, 11) is 1.53. The maximum Gasteiger partial charge on any atom is 0.379 e. The lowest BCUT2D eigenvalue weighted by atomic mass is 9.87. The average molecular weight is 343 g/mol. The molecule has 1 heterocycles. The molecule has 1 N–H and O–H groups in total. The van der Waals surface area contributed by atoms with Gasteiger partial charge in [0.2, 0.25) is 0 Å². The first-order valence-corrected chi connectivity index (χ1v) is 8.02. The standard InChI is InChI=1S/C17H23F2NO4/c1-3-24-16(21)17(18,19)15(12-8-10-23-11-9-12)20-13-4-6-14(22-2)7-5-13/h4-7,12,15,20H,3,8-11H2,1-2H3. The molecule has 5 nitrogen and oxygen atoms in total. The molecule has 0 saturated carbocycles. The first kappa shape index (κ1) is 18.4. The Kier molecular flexibility index (Phi) is 6.36. The molecular formula is C17H23F2NO4. The van der Waals surface area contributed by atoms with E-state index < -0.39 is 17.9 Å². The number of alkyl halides is 2. The minimum absolute atomic E-state index is 0.0859. The maximum absolute atomic E-state index is 14.7. The van der Waals surface area contributed by atoms with Crippen LogP contribution in [0.3, 0.4) is 0 Å². The summed E-state index contributed by atoms with van der Waals surface area (Å²) in [4.78, 5) is 11.8. The lowest BCUT2D eigenvalue weighted by Gasteiger charge is -2.35. The van der Waals surface area contributed by atoms with Crippen LogP contribution in [0.25, 0.3) is 0 Å². The molecule has 1 fully saturated rings. The predicted molar refractivity (Wildman–Crippen MR) is 85.5 cm³/mol. The van der Waals surface area contributed by atoms with Crippen molar-refractivity contribution in [2.24, 2.45) is 5.92 Å². The van der Waals surface area contributed by atoms with Gasteiger partial charge in [-0.3, -0.25) is 0 Å². The second kappa shape index (κ2) is 8.28. The highest BCUT2D eigenvalue weighted by molar-refractivity contribution is 5.79. The number of hydrogen-bond donors (Lipinski definition) is 1. The molecule has 1 aromatic rings. The molecule has 0 spiro atoms. The number of carbonyl (C=O) groups is 1. The number of nitrogens with one attached hydrogen (secondary N) is 1. The van der Waals surface area contributed by atoms with Crippen molar-refractivity contribution in [3.05, 3.63) is 24.3 Å². The highest BCUT2D eigenvalue weighted by Gasteiger charge is 2.52. The number of esters is 1. The fraction of sp³-hybridized carbons (Fsp3) is 0.588. The van der Waals surface area contributed by atoms with Crippen molar-refractivity contribution in [1.82, 2.24) is 0 Å². The molecular weight excluding hydrogens is 320 g/mol. The molecule has 24 heavy (non-hydrogen) atoms. The van der Waals surface area contributed by atoms with Gasteiger partial charge in [0.25, 0.3) is 0 Å². The second-order valence-corrected chi connectivity index (χ2v) is 5.64. The second-order valence-electron chi connectivity index (χ2n) is 5.64. The summed E-state index contributed by atoms with van der Waals surface area (Å²) in [6.07, 6.45) is 0.922. The molecule has 1 aliphatic heterocycles. The lowest BCUT2D eigenvalue weighted by molar-refractivity contribution is -0.176. The van der Waals surface area contributed by atoms with Gasteiger partial charge < -0.3 is 19.5 Å². The number of ether oxygens (including phenoxy) is 3. The number of hydrogen-bond acceptors (Lipinski definition) is 5. The van der Waals surface area contributed by atoms with Crippen LogP contribution in [0.15, 0.2) is 24.3 Å². The summed E-state index contributed by atoms with van der Waals surface area (Å²) in [5.41, 5.74) is 0.497. The van der Waals surface area contributed by atoms with Crippen LogP contribution in [0.4, 0.5) is 14.5 Å². The van der Waals surface area contributed by atoms with Gasteiger partial charge in [0.15, 0.2) is 0 Å². The summed E-state index contributed by atoms with van der Waals surface area (Å²) >= 11 is 0. The van der Waals surface area contributed by atoms with Gasteiger partial charge in [-0.05, 0) is 49.9 Å². The summed E-state index contributed by atoms with van der Waals surface area (Å²) < 4.78 is 44.2. The fourth-order valence-corrected chi connectivity index (χ4v) is 2.77. The van der Waals surface area contributed by atoms with Gasteiger partial charge in [-0.15, -0.1) is 0 Å². The van der Waals surface area contributed by atoms with Gasteiger partial charge in [-0.25, -0.2) is 4.79 Å². The van der Waals surface area contributed by atoms with Crippen molar-refractivity contribution >= 4 is 11.7 Å². The summed E-state index contributed by atoms with van der Waals surface area (Å²) in [6, 6.07) is 5.28. The zero-order chi connectivity index (χ0) is 17.6. The van der Waals surface area contributed by atoms with Crippen LogP contribution in [-0.4, -0.2) is 44.9 Å². The number of methoxy groups -OCH3 is 1. The van der Waals surface area contributed by atoms with E-state index in [0.717, 1.165) is 0 Å². The molecule has 1 unspecified atom stereocenters. The van der Waals surface area contributed by atoms with E-state index in [9.17, 15) is 13.6 Å². The number of benzene rings is 1. The highest BCUT2D eigenvalue weighted by Crippen LogP contribution is 2.34. The fourth-order valence-electron chi connectivity index (χ4n) is 2.77. The van der Waals surface area contributed by atoms with E-state index in [4.69, 9.17) is 9.47 Å². The van der Waals surface area contributed by atoms with Crippen LogP contribution in [0.2, 0.25) is 0 Å². The number of rotatable bonds is 7. The smallest absolute Gasteiger partial charge is 0.379 e. The van der Waals surface area contributed by atoms with Crippen LogP contribution in [-0.2, 0) is 14.3 Å². The van der Waals surface area contributed by atoms with Crippen molar-refractivity contribution < 1.29 is 27.8 Å². The first-order chi connectivity index (χ1) is 11.5. The highest BCUT2D eigenvalue weighted by atomic mass is 19.3. The van der Waals surface area contributed by atoms with E-state index >= 15 is 0 Å². The van der Waals surface area contributed by atoms with Gasteiger partial charge in [0.05, 0.1) is 13.7 Å². The van der Waals surface area contributed by atoms with Crippen LogP contribution >= 0.6 is 0 Å². The molecule has 0 bridgehead atoms. The normalized spacial score (nSPS) is 17.2. The van der Waals surface area contributed by atoms with Gasteiger partial charge in [-0.1, -0.05) is 0 Å². The third kappa shape index (κ3) is 4.35. The zero-order valence-corrected chi connectivity index (χ0v) is 13.9. The molecule has 1 atom stereocenters. The number of carbonyl (C=O) groups excluding carboxylic acids is 1. The van der Waals surface area contributed by atoms with E-state index in [2.05, 4.69) is 10.1 Å². The van der Waals surface area contributed by atoms with E-state index in [-0.39, 0.29) is 12.5 Å². The Morgan fingerprint density at radius 2 is 1.96 bits per heavy atom. The van der Waals surface area contributed by atoms with E-state index in [1.54, 1.807) is 24.3 Å². The van der Waals surface area contributed by atoms with Gasteiger partial charge in [-0.2, -0.15) is 8.78 Å². The average Bonchev–Trinajstić information content (AvgIpc) is 2.61. The van der Waals surface area contributed by atoms with Crippen LogP contribution < -0.4 is 10.1 Å². The van der Waals surface area contributed by atoms with E-state index in [0.29, 0.717) is 37.5 Å². The maximum atomic E-state index is 14.7. The van der Waals surface area contributed by atoms with Crippen molar-refractivity contribution in [2.45, 2.75) is 31.7 Å². The Balaban J connectivity index is 2.22. The van der Waals surface area contributed by atoms with Crippen molar-refractivity contribution in [2.75, 3.05) is 32.2 Å². The Hall–Kier alpha value is -1.89. The molecule has 0 aliphatic carbocycles. The molecule has 0 amide bonds. The zero-order valence-electron chi connectivity index (χ0n) is 13.9. The minimum Gasteiger partial charge on any atom is -0.497 e. The lowest BCUT2D eigenvalue weighted by Crippen LogP contribution is -2.52. The molecule has 2 rings (SSSR count). The van der Waals surface area contributed by atoms with Crippen molar-refractivity contribution in [1.29, 1.82) is 0 Å². The Morgan fingerprint density at radius 3 is 2.50 bits per heavy atom. The molecule has 1 aromatic carbocycles. The first-order valence-electron chi connectivity index (χ1n) is 8.02. The van der Waals surface area contributed by atoms with Gasteiger partial charge >= 0.3 is 11.9 Å². The molecule has 134 valence electrons. The largest absolute Gasteiger partial charge is 0.497 e. The van der Waals surface area contributed by atoms with Crippen molar-refractivity contribution in [3.8, 4) is 5.75 Å². The number of anilines is 1. The number of halogens is 2. The molecule has 0 radical (unpaired) electrons. The summed E-state index contributed by atoms with van der Waals surface area (Å²) in [6.45, 7) is 2.24. The SMILES string of the molecule is CCOC(=O)C(F)(F)C(Nc1ccc(OC)cc1)C1CCOCC1. The third-order valence-corrected chi connectivity index (χ3v) is 4.09. The summed E-state index contributed by atoms with van der Waals surface area (Å²) in [5, 5.41) is 2.82. The molecule has 0 aromatic heterocycles. The van der Waals surface area contributed by atoms with Crippen LogP contribution in [0, 0.1) is 5.92 Å². The van der Waals surface area contributed by atoms with Crippen LogP contribution in [0.1, 0.15) is 19.8 Å². The predicted octanol–water partition coefficient (Wildman–Crippen LogP) is 3.10. The molecule has 1 saturated heterocycles. The molecule has 7 heteroatoms. The van der Waals surface area contributed by atoms with Gasteiger partial charge in [0, 0.05) is 18.9 Å². The quantitative estimate of drug-likeness (QED) is 0.771. The Morgan fingerprint density at radius 1 is 1.33 bits per heavy atom. The van der Waals surface area contributed by atoms with Crippen molar-refractivity contribution in [3.63, 3.8) is 0 Å². The Bertz CT molecular complexity index is 530. The topological polar surface area (TPSA) is 56.8 Å². The van der Waals surface area contributed by atoms with Crippen LogP contribution in [0.5, 0.6) is 5.75 Å².